The van der Waals surface area contributed by atoms with Gasteiger partial charge >= 0.3 is 0 Å². The first kappa shape index (κ1) is 13.8. The molecule has 1 aliphatic carbocycles. The zero-order chi connectivity index (χ0) is 14.8. The van der Waals surface area contributed by atoms with Crippen molar-refractivity contribution < 1.29 is 9.59 Å². The third-order valence-electron chi connectivity index (χ3n) is 3.45. The minimum Gasteiger partial charge on any atom is -0.326 e. The zero-order valence-electron chi connectivity index (χ0n) is 11.3. The SMILES string of the molecule is O=C(c1ccc(Cl)cc1)c1cccc(NC(=O)C2CC2)c1. The molecule has 1 N–H and O–H groups in total. The first-order chi connectivity index (χ1) is 10.1. The Kier molecular flexibility index (Phi) is 3.76. The fraction of sp³-hybridized carbons (Fsp3) is 0.176. The van der Waals surface area contributed by atoms with Crippen LogP contribution < -0.4 is 5.32 Å². The molecule has 0 unspecified atom stereocenters. The van der Waals surface area contributed by atoms with E-state index < -0.39 is 0 Å². The number of amides is 1. The smallest absolute Gasteiger partial charge is 0.227 e. The van der Waals surface area contributed by atoms with Gasteiger partial charge in [-0.05, 0) is 49.2 Å². The molecule has 0 radical (unpaired) electrons. The van der Waals surface area contributed by atoms with Gasteiger partial charge in [-0.15, -0.1) is 0 Å². The second-order valence-corrected chi connectivity index (χ2v) is 5.62. The molecule has 0 aromatic heterocycles. The summed E-state index contributed by atoms with van der Waals surface area (Å²) in [6.07, 6.45) is 1.91. The molecule has 3 rings (SSSR count). The molecule has 2 aromatic rings. The van der Waals surface area contributed by atoms with Crippen molar-refractivity contribution in [2.24, 2.45) is 5.92 Å². The first-order valence-corrected chi connectivity index (χ1v) is 7.22. The minimum absolute atomic E-state index is 0.0334. The molecule has 1 amide bonds. The summed E-state index contributed by atoms with van der Waals surface area (Å²) in [5.74, 6) is 0.0842. The zero-order valence-corrected chi connectivity index (χ0v) is 12.1. The van der Waals surface area contributed by atoms with Crippen LogP contribution in [0.15, 0.2) is 48.5 Å². The van der Waals surface area contributed by atoms with E-state index in [1.54, 1.807) is 48.5 Å². The molecular formula is C17H14ClNO2. The summed E-state index contributed by atoms with van der Waals surface area (Å²) in [5, 5.41) is 3.44. The third-order valence-corrected chi connectivity index (χ3v) is 3.70. The van der Waals surface area contributed by atoms with E-state index in [0.29, 0.717) is 21.8 Å². The van der Waals surface area contributed by atoms with Gasteiger partial charge < -0.3 is 5.32 Å². The number of carbonyl (C=O) groups excluding carboxylic acids is 2. The molecule has 0 bridgehead atoms. The Bertz CT molecular complexity index is 690. The predicted molar refractivity (Wildman–Crippen MR) is 82.7 cm³/mol. The van der Waals surface area contributed by atoms with Crippen LogP contribution in [0.4, 0.5) is 5.69 Å². The summed E-state index contributed by atoms with van der Waals surface area (Å²) in [5.41, 5.74) is 1.78. The first-order valence-electron chi connectivity index (χ1n) is 6.85. The van der Waals surface area contributed by atoms with E-state index >= 15 is 0 Å². The molecule has 0 aliphatic heterocycles. The van der Waals surface area contributed by atoms with Crippen LogP contribution >= 0.6 is 11.6 Å². The lowest BCUT2D eigenvalue weighted by Gasteiger charge is -2.07. The van der Waals surface area contributed by atoms with Crippen LogP contribution in [0.25, 0.3) is 0 Å². The van der Waals surface area contributed by atoms with Crippen LogP contribution in [-0.2, 0) is 4.79 Å². The van der Waals surface area contributed by atoms with Crippen molar-refractivity contribution in [1.29, 1.82) is 0 Å². The maximum absolute atomic E-state index is 12.4. The molecule has 1 fully saturated rings. The molecule has 1 saturated carbocycles. The topological polar surface area (TPSA) is 46.2 Å². The van der Waals surface area contributed by atoms with E-state index in [1.807, 2.05) is 0 Å². The van der Waals surface area contributed by atoms with Gasteiger partial charge in [0.2, 0.25) is 5.91 Å². The number of carbonyl (C=O) groups is 2. The Morgan fingerprint density at radius 2 is 1.71 bits per heavy atom. The van der Waals surface area contributed by atoms with E-state index in [1.165, 1.54) is 0 Å². The monoisotopic (exact) mass is 299 g/mol. The van der Waals surface area contributed by atoms with E-state index in [4.69, 9.17) is 11.6 Å². The van der Waals surface area contributed by atoms with E-state index in [2.05, 4.69) is 5.32 Å². The molecule has 0 saturated heterocycles. The van der Waals surface area contributed by atoms with Crippen LogP contribution in [0.5, 0.6) is 0 Å². The summed E-state index contributed by atoms with van der Waals surface area (Å²) in [6, 6.07) is 13.8. The second kappa shape index (κ2) is 5.70. The lowest BCUT2D eigenvalue weighted by molar-refractivity contribution is -0.117. The standard InChI is InChI=1S/C17H14ClNO2/c18-14-8-6-11(7-9-14)16(20)13-2-1-3-15(10-13)19-17(21)12-4-5-12/h1-3,6-10,12H,4-5H2,(H,19,21). The van der Waals surface area contributed by atoms with Gasteiger partial charge in [0.1, 0.15) is 0 Å². The molecule has 3 nitrogen and oxygen atoms in total. The Labute approximate surface area is 127 Å². The van der Waals surface area contributed by atoms with Crippen molar-refractivity contribution in [3.8, 4) is 0 Å². The maximum Gasteiger partial charge on any atom is 0.227 e. The van der Waals surface area contributed by atoms with Gasteiger partial charge in [-0.1, -0.05) is 23.7 Å². The number of ketones is 1. The number of rotatable bonds is 4. The van der Waals surface area contributed by atoms with Crippen molar-refractivity contribution in [3.63, 3.8) is 0 Å². The van der Waals surface area contributed by atoms with E-state index in [9.17, 15) is 9.59 Å². The summed E-state index contributed by atoms with van der Waals surface area (Å²) in [4.78, 5) is 24.1. The van der Waals surface area contributed by atoms with Crippen LogP contribution in [0.2, 0.25) is 5.02 Å². The van der Waals surface area contributed by atoms with Crippen molar-refractivity contribution in [2.45, 2.75) is 12.8 Å². The Balaban J connectivity index is 1.79. The number of hydrogen-bond acceptors (Lipinski definition) is 2. The van der Waals surface area contributed by atoms with Gasteiger partial charge in [0.05, 0.1) is 0 Å². The Hall–Kier alpha value is -2.13. The molecule has 21 heavy (non-hydrogen) atoms. The lowest BCUT2D eigenvalue weighted by atomic mass is 10.0. The van der Waals surface area contributed by atoms with Gasteiger partial charge in [-0.25, -0.2) is 0 Å². The highest BCUT2D eigenvalue weighted by Gasteiger charge is 2.29. The van der Waals surface area contributed by atoms with Crippen LogP contribution in [0, 0.1) is 5.92 Å². The average molecular weight is 300 g/mol. The number of halogens is 1. The normalized spacial score (nSPS) is 13.8. The Morgan fingerprint density at radius 3 is 2.38 bits per heavy atom. The maximum atomic E-state index is 12.4. The molecule has 0 heterocycles. The predicted octanol–water partition coefficient (Wildman–Crippen LogP) is 3.92. The second-order valence-electron chi connectivity index (χ2n) is 5.18. The summed E-state index contributed by atoms with van der Waals surface area (Å²) in [6.45, 7) is 0. The number of anilines is 1. The lowest BCUT2D eigenvalue weighted by Crippen LogP contribution is -2.13. The largest absolute Gasteiger partial charge is 0.326 e. The molecule has 106 valence electrons. The molecule has 1 aliphatic rings. The quantitative estimate of drug-likeness (QED) is 0.870. The highest BCUT2D eigenvalue weighted by molar-refractivity contribution is 6.30. The highest BCUT2D eigenvalue weighted by atomic mass is 35.5. The summed E-state index contributed by atoms with van der Waals surface area (Å²) in [7, 11) is 0. The molecule has 0 spiro atoms. The molecule has 4 heteroatoms. The number of nitrogens with one attached hydrogen (secondary N) is 1. The van der Waals surface area contributed by atoms with Crippen molar-refractivity contribution in [1.82, 2.24) is 0 Å². The van der Waals surface area contributed by atoms with Crippen molar-refractivity contribution in [3.05, 3.63) is 64.7 Å². The van der Waals surface area contributed by atoms with Crippen molar-refractivity contribution in [2.75, 3.05) is 5.32 Å². The molecule has 2 aromatic carbocycles. The van der Waals surface area contributed by atoms with Crippen LogP contribution in [0.1, 0.15) is 28.8 Å². The van der Waals surface area contributed by atoms with Crippen LogP contribution in [0.3, 0.4) is 0 Å². The van der Waals surface area contributed by atoms with Gasteiger partial charge in [0.25, 0.3) is 0 Å². The van der Waals surface area contributed by atoms with Gasteiger partial charge in [-0.2, -0.15) is 0 Å². The number of hydrogen-bond donors (Lipinski definition) is 1. The Morgan fingerprint density at radius 1 is 1.00 bits per heavy atom. The highest BCUT2D eigenvalue weighted by Crippen LogP contribution is 2.30. The van der Waals surface area contributed by atoms with E-state index in [0.717, 1.165) is 12.8 Å². The minimum atomic E-state index is -0.0887. The fourth-order valence-corrected chi connectivity index (χ4v) is 2.22. The third kappa shape index (κ3) is 3.31. The summed E-state index contributed by atoms with van der Waals surface area (Å²) >= 11 is 5.82. The van der Waals surface area contributed by atoms with Gasteiger partial charge in [-0.3, -0.25) is 9.59 Å². The number of benzene rings is 2. The van der Waals surface area contributed by atoms with Crippen LogP contribution in [-0.4, -0.2) is 11.7 Å². The average Bonchev–Trinajstić information content (AvgIpc) is 3.32. The fourth-order valence-electron chi connectivity index (χ4n) is 2.10. The summed E-state index contributed by atoms with van der Waals surface area (Å²) < 4.78 is 0. The van der Waals surface area contributed by atoms with Crippen molar-refractivity contribution >= 4 is 29.0 Å². The molecule has 0 atom stereocenters. The van der Waals surface area contributed by atoms with Gasteiger partial charge in [0.15, 0.2) is 5.78 Å². The molecular weight excluding hydrogens is 286 g/mol. The van der Waals surface area contributed by atoms with E-state index in [-0.39, 0.29) is 17.6 Å². The van der Waals surface area contributed by atoms with Gasteiger partial charge in [0, 0.05) is 27.8 Å².